The Balaban J connectivity index is 2.14. The average Bonchev–Trinajstić information content (AvgIpc) is 2.39. The summed E-state index contributed by atoms with van der Waals surface area (Å²) in [4.78, 5) is 4.12. The van der Waals surface area contributed by atoms with Gasteiger partial charge in [-0.05, 0) is 65.4 Å². The van der Waals surface area contributed by atoms with Gasteiger partial charge in [0.2, 0.25) is 0 Å². The number of halogens is 2. The van der Waals surface area contributed by atoms with Gasteiger partial charge in [0.25, 0.3) is 0 Å². The predicted molar refractivity (Wildman–Crippen MR) is 80.0 cm³/mol. The van der Waals surface area contributed by atoms with E-state index < -0.39 is 0 Å². The summed E-state index contributed by atoms with van der Waals surface area (Å²) in [7, 11) is 0. The molecule has 2 rings (SSSR count). The highest BCUT2D eigenvalue weighted by Crippen LogP contribution is 2.21. The van der Waals surface area contributed by atoms with Crippen LogP contribution in [0.2, 0.25) is 0 Å². The molecule has 0 radical (unpaired) electrons. The molecule has 1 aromatic heterocycles. The third-order valence-corrected chi connectivity index (χ3v) is 3.42. The summed E-state index contributed by atoms with van der Waals surface area (Å²) in [6, 6.07) is 11.4. The number of hydrogen-bond acceptors (Lipinski definition) is 2. The summed E-state index contributed by atoms with van der Waals surface area (Å²) in [5.41, 5.74) is 1.91. The summed E-state index contributed by atoms with van der Waals surface area (Å²) >= 11 is 2.27. The predicted octanol–water partition coefficient (Wildman–Crippen LogP) is 4.39. The van der Waals surface area contributed by atoms with E-state index in [-0.39, 0.29) is 11.9 Å². The molecule has 1 unspecified atom stereocenters. The third-order valence-electron chi connectivity index (χ3n) is 2.70. The van der Waals surface area contributed by atoms with Gasteiger partial charge in [-0.3, -0.25) is 4.98 Å². The van der Waals surface area contributed by atoms with E-state index in [9.17, 15) is 4.39 Å². The van der Waals surface area contributed by atoms with Crippen molar-refractivity contribution in [2.24, 2.45) is 0 Å². The molecule has 0 aliphatic heterocycles. The van der Waals surface area contributed by atoms with E-state index >= 15 is 0 Å². The summed E-state index contributed by atoms with van der Waals surface area (Å²) in [6.45, 7) is 2.08. The maximum absolute atomic E-state index is 12.8. The molecule has 0 fully saturated rings. The molecule has 2 aromatic rings. The van der Waals surface area contributed by atoms with Gasteiger partial charge in [-0.25, -0.2) is 4.39 Å². The maximum atomic E-state index is 12.8. The lowest BCUT2D eigenvalue weighted by Gasteiger charge is -2.17. The second-order valence-corrected chi connectivity index (χ2v) is 5.26. The molecule has 0 saturated carbocycles. The lowest BCUT2D eigenvalue weighted by Crippen LogP contribution is -2.11. The molecule has 94 valence electrons. The van der Waals surface area contributed by atoms with E-state index in [4.69, 9.17) is 0 Å². The van der Waals surface area contributed by atoms with E-state index in [1.165, 1.54) is 15.8 Å². The van der Waals surface area contributed by atoms with Crippen molar-refractivity contribution in [2.75, 3.05) is 5.32 Å². The van der Waals surface area contributed by atoms with Crippen molar-refractivity contribution in [3.8, 4) is 0 Å². The Kier molecular flexibility index (Phi) is 4.52. The summed E-state index contributed by atoms with van der Waals surface area (Å²) < 4.78 is 14.0. The molecular weight excluding hydrogens is 342 g/mol. The van der Waals surface area contributed by atoms with Crippen LogP contribution >= 0.6 is 22.6 Å². The first kappa shape index (κ1) is 13.3. The fourth-order valence-electron chi connectivity index (χ4n) is 1.73. The number of rotatable bonds is 4. The number of hydrogen-bond donors (Lipinski definition) is 1. The monoisotopic (exact) mass is 356 g/mol. The normalized spacial score (nSPS) is 12.2. The number of nitrogens with zero attached hydrogens (tertiary/aromatic N) is 1. The highest BCUT2D eigenvalue weighted by atomic mass is 127. The number of benzene rings is 1. The van der Waals surface area contributed by atoms with Gasteiger partial charge in [-0.15, -0.1) is 0 Å². The number of pyridine rings is 1. The van der Waals surface area contributed by atoms with E-state index in [0.29, 0.717) is 0 Å². The Bertz CT molecular complexity index is 496. The third kappa shape index (κ3) is 3.41. The van der Waals surface area contributed by atoms with E-state index in [1.807, 2.05) is 24.3 Å². The minimum atomic E-state index is -0.303. The van der Waals surface area contributed by atoms with Crippen LogP contribution in [-0.4, -0.2) is 4.98 Å². The van der Waals surface area contributed by atoms with Crippen molar-refractivity contribution in [2.45, 2.75) is 19.4 Å². The Labute approximate surface area is 120 Å². The minimum absolute atomic E-state index is 0.102. The standard InChI is InChI=1S/C14H14FIN2/c1-2-13(14-8-3-10(15)9-17-14)18-12-6-4-11(16)5-7-12/h3-9,13,18H,2H2,1H3. The second kappa shape index (κ2) is 6.13. The molecule has 1 atom stereocenters. The highest BCUT2D eigenvalue weighted by molar-refractivity contribution is 14.1. The molecule has 0 aliphatic rings. The van der Waals surface area contributed by atoms with Crippen LogP contribution in [0.25, 0.3) is 0 Å². The molecular formula is C14H14FIN2. The Morgan fingerprint density at radius 1 is 1.22 bits per heavy atom. The van der Waals surface area contributed by atoms with Crippen molar-refractivity contribution in [3.63, 3.8) is 0 Å². The smallest absolute Gasteiger partial charge is 0.141 e. The Morgan fingerprint density at radius 3 is 2.50 bits per heavy atom. The zero-order chi connectivity index (χ0) is 13.0. The zero-order valence-electron chi connectivity index (χ0n) is 10.0. The first-order chi connectivity index (χ1) is 8.69. The zero-order valence-corrected chi connectivity index (χ0v) is 12.2. The van der Waals surface area contributed by atoms with Gasteiger partial charge in [0.15, 0.2) is 0 Å². The minimum Gasteiger partial charge on any atom is -0.377 e. The van der Waals surface area contributed by atoms with E-state index in [2.05, 4.69) is 39.8 Å². The lowest BCUT2D eigenvalue weighted by molar-refractivity contribution is 0.614. The first-order valence-corrected chi connectivity index (χ1v) is 6.90. The molecule has 1 aromatic carbocycles. The molecule has 0 spiro atoms. The summed E-state index contributed by atoms with van der Waals surface area (Å²) in [5.74, 6) is -0.303. The summed E-state index contributed by atoms with van der Waals surface area (Å²) in [6.07, 6.45) is 2.15. The van der Waals surface area contributed by atoms with Crippen molar-refractivity contribution < 1.29 is 4.39 Å². The van der Waals surface area contributed by atoms with Gasteiger partial charge in [-0.2, -0.15) is 0 Å². The largest absolute Gasteiger partial charge is 0.377 e. The van der Waals surface area contributed by atoms with Crippen molar-refractivity contribution in [3.05, 3.63) is 57.7 Å². The van der Waals surface area contributed by atoms with Crippen LogP contribution in [0.4, 0.5) is 10.1 Å². The molecule has 0 bridgehead atoms. The Hall–Kier alpha value is -1.17. The van der Waals surface area contributed by atoms with Crippen LogP contribution in [-0.2, 0) is 0 Å². The van der Waals surface area contributed by atoms with Gasteiger partial charge in [0.05, 0.1) is 17.9 Å². The molecule has 1 heterocycles. The van der Waals surface area contributed by atoms with Gasteiger partial charge >= 0.3 is 0 Å². The lowest BCUT2D eigenvalue weighted by atomic mass is 10.1. The molecule has 1 N–H and O–H groups in total. The number of aromatic nitrogens is 1. The van der Waals surface area contributed by atoms with Gasteiger partial charge in [0, 0.05) is 9.26 Å². The van der Waals surface area contributed by atoms with Crippen molar-refractivity contribution in [1.29, 1.82) is 0 Å². The van der Waals surface area contributed by atoms with Crippen molar-refractivity contribution in [1.82, 2.24) is 4.98 Å². The Morgan fingerprint density at radius 2 is 1.94 bits per heavy atom. The van der Waals surface area contributed by atoms with Crippen LogP contribution in [0.1, 0.15) is 25.1 Å². The van der Waals surface area contributed by atoms with Crippen LogP contribution in [0.3, 0.4) is 0 Å². The quantitative estimate of drug-likeness (QED) is 0.822. The van der Waals surface area contributed by atoms with Gasteiger partial charge in [-0.1, -0.05) is 6.92 Å². The second-order valence-electron chi connectivity index (χ2n) is 4.01. The fraction of sp³-hybridized carbons (Fsp3) is 0.214. The molecule has 0 saturated heterocycles. The topological polar surface area (TPSA) is 24.9 Å². The molecule has 18 heavy (non-hydrogen) atoms. The summed E-state index contributed by atoms with van der Waals surface area (Å²) in [5, 5.41) is 3.40. The first-order valence-electron chi connectivity index (χ1n) is 5.82. The van der Waals surface area contributed by atoms with E-state index in [1.54, 1.807) is 6.07 Å². The molecule has 0 aliphatic carbocycles. The number of nitrogens with one attached hydrogen (secondary N) is 1. The average molecular weight is 356 g/mol. The van der Waals surface area contributed by atoms with E-state index in [0.717, 1.165) is 17.8 Å². The van der Waals surface area contributed by atoms with Crippen LogP contribution in [0.15, 0.2) is 42.6 Å². The maximum Gasteiger partial charge on any atom is 0.141 e. The molecule has 4 heteroatoms. The van der Waals surface area contributed by atoms with Gasteiger partial charge < -0.3 is 5.32 Å². The van der Waals surface area contributed by atoms with Crippen LogP contribution in [0, 0.1) is 9.39 Å². The van der Waals surface area contributed by atoms with Crippen LogP contribution in [0.5, 0.6) is 0 Å². The highest BCUT2D eigenvalue weighted by Gasteiger charge is 2.10. The van der Waals surface area contributed by atoms with Crippen molar-refractivity contribution >= 4 is 28.3 Å². The fourth-order valence-corrected chi connectivity index (χ4v) is 2.09. The SMILES string of the molecule is CCC(Nc1ccc(I)cc1)c1ccc(F)cn1. The molecule has 0 amide bonds. The number of anilines is 1. The van der Waals surface area contributed by atoms with Crippen LogP contribution < -0.4 is 5.32 Å². The van der Waals surface area contributed by atoms with Gasteiger partial charge in [0.1, 0.15) is 5.82 Å². The molecule has 2 nitrogen and oxygen atoms in total.